The minimum Gasteiger partial charge on any atom is -0.351 e. The first kappa shape index (κ1) is 13.6. The molecule has 0 bridgehead atoms. The van der Waals surface area contributed by atoms with Crippen LogP contribution in [0.3, 0.4) is 0 Å². The van der Waals surface area contributed by atoms with E-state index in [9.17, 15) is 14.0 Å². The minimum atomic E-state index is -0.912. The van der Waals surface area contributed by atoms with Crippen LogP contribution in [0.2, 0.25) is 0 Å². The first-order valence-electron chi connectivity index (χ1n) is 4.73. The monoisotopic (exact) mass is 303 g/mol. The van der Waals surface area contributed by atoms with E-state index < -0.39 is 11.9 Å². The molecule has 0 spiro atoms. The Balaban J connectivity index is 2.43. The van der Waals surface area contributed by atoms with Gasteiger partial charge in [-0.1, -0.05) is 15.9 Å². The van der Waals surface area contributed by atoms with Crippen molar-refractivity contribution in [1.29, 1.82) is 0 Å². The van der Waals surface area contributed by atoms with Crippen molar-refractivity contribution in [3.8, 4) is 0 Å². The number of hydrogen-bond acceptors (Lipinski definition) is 3. The Kier molecular flexibility index (Phi) is 5.05. The zero-order valence-corrected chi connectivity index (χ0v) is 10.4. The Morgan fingerprint density at radius 2 is 2.12 bits per heavy atom. The number of carbonyl (C=O) groups is 2. The number of amides is 3. The number of nitrogens with two attached hydrogens (primary N) is 1. The van der Waals surface area contributed by atoms with Gasteiger partial charge in [0.2, 0.25) is 5.91 Å². The van der Waals surface area contributed by atoms with Crippen LogP contribution < -0.4 is 16.4 Å². The van der Waals surface area contributed by atoms with E-state index in [-0.39, 0.29) is 18.9 Å². The fourth-order valence-electron chi connectivity index (χ4n) is 1.17. The Labute approximate surface area is 106 Å². The summed E-state index contributed by atoms with van der Waals surface area (Å²) in [5, 5.41) is 4.58. The van der Waals surface area contributed by atoms with Gasteiger partial charge < -0.3 is 11.1 Å². The van der Waals surface area contributed by atoms with Gasteiger partial charge in [0.15, 0.2) is 0 Å². The quantitative estimate of drug-likeness (QED) is 0.772. The zero-order valence-electron chi connectivity index (χ0n) is 8.80. The first-order chi connectivity index (χ1) is 7.99. The molecular weight excluding hydrogens is 293 g/mol. The van der Waals surface area contributed by atoms with E-state index in [1.165, 1.54) is 6.07 Å². The molecule has 1 rings (SSSR count). The molecule has 0 saturated carbocycles. The number of primary amides is 1. The topological polar surface area (TPSA) is 84.2 Å². The van der Waals surface area contributed by atoms with Gasteiger partial charge in [0.25, 0.3) is 0 Å². The smallest absolute Gasteiger partial charge is 0.318 e. The highest BCUT2D eigenvalue weighted by Crippen LogP contribution is 2.15. The van der Waals surface area contributed by atoms with Gasteiger partial charge in [0, 0.05) is 16.6 Å². The summed E-state index contributed by atoms with van der Waals surface area (Å²) >= 11 is 3.21. The highest BCUT2D eigenvalue weighted by Gasteiger charge is 2.05. The molecule has 0 aliphatic heterocycles. The number of rotatable bonds is 4. The summed E-state index contributed by atoms with van der Waals surface area (Å²) in [7, 11) is 0. The second-order valence-electron chi connectivity index (χ2n) is 3.25. The number of benzene rings is 1. The Bertz CT molecular complexity index is 440. The molecule has 0 saturated heterocycles. The van der Waals surface area contributed by atoms with Crippen molar-refractivity contribution in [1.82, 2.24) is 10.6 Å². The van der Waals surface area contributed by atoms with Crippen LogP contribution in [0.4, 0.5) is 9.18 Å². The third-order valence-corrected chi connectivity index (χ3v) is 2.36. The Hall–Kier alpha value is -1.47. The third-order valence-electron chi connectivity index (χ3n) is 1.87. The fourth-order valence-corrected chi connectivity index (χ4v) is 1.58. The van der Waals surface area contributed by atoms with Crippen LogP contribution >= 0.6 is 15.9 Å². The molecular formula is C10H11BrFN3O2. The van der Waals surface area contributed by atoms with Crippen LogP contribution in [0, 0.1) is 5.82 Å². The van der Waals surface area contributed by atoms with E-state index in [0.29, 0.717) is 5.56 Å². The molecule has 0 aliphatic rings. The average molecular weight is 304 g/mol. The lowest BCUT2D eigenvalue weighted by Crippen LogP contribution is -2.40. The lowest BCUT2D eigenvalue weighted by molar-refractivity contribution is -0.119. The SMILES string of the molecule is NC(=O)NC(=O)CNCc1cc(Br)ccc1F. The van der Waals surface area contributed by atoms with Gasteiger partial charge in [-0.05, 0) is 18.2 Å². The van der Waals surface area contributed by atoms with Crippen LogP contribution in [0.1, 0.15) is 5.56 Å². The predicted octanol–water partition coefficient (Wildman–Crippen LogP) is 0.873. The molecule has 0 unspecified atom stereocenters. The van der Waals surface area contributed by atoms with E-state index in [0.717, 1.165) is 4.47 Å². The number of carbonyl (C=O) groups excluding carboxylic acids is 2. The summed E-state index contributed by atoms with van der Waals surface area (Å²) in [6, 6.07) is 3.60. The Morgan fingerprint density at radius 1 is 1.41 bits per heavy atom. The van der Waals surface area contributed by atoms with Gasteiger partial charge in [-0.25, -0.2) is 9.18 Å². The summed E-state index contributed by atoms with van der Waals surface area (Å²) in [5.74, 6) is -0.927. The Morgan fingerprint density at radius 3 is 2.76 bits per heavy atom. The zero-order chi connectivity index (χ0) is 12.8. The molecule has 17 heavy (non-hydrogen) atoms. The van der Waals surface area contributed by atoms with Gasteiger partial charge in [-0.2, -0.15) is 0 Å². The number of hydrogen-bond donors (Lipinski definition) is 3. The van der Waals surface area contributed by atoms with Gasteiger partial charge in [0.05, 0.1) is 6.54 Å². The maximum atomic E-state index is 13.3. The normalized spacial score (nSPS) is 10.0. The summed E-state index contributed by atoms with van der Waals surface area (Å²) in [6.07, 6.45) is 0. The van der Waals surface area contributed by atoms with Gasteiger partial charge in [-0.15, -0.1) is 0 Å². The van der Waals surface area contributed by atoms with Gasteiger partial charge in [-0.3, -0.25) is 10.1 Å². The molecule has 92 valence electrons. The predicted molar refractivity (Wildman–Crippen MR) is 63.5 cm³/mol. The van der Waals surface area contributed by atoms with Crippen molar-refractivity contribution in [2.24, 2.45) is 5.73 Å². The second-order valence-corrected chi connectivity index (χ2v) is 4.17. The van der Waals surface area contributed by atoms with Crippen molar-refractivity contribution >= 4 is 27.9 Å². The van der Waals surface area contributed by atoms with E-state index >= 15 is 0 Å². The maximum absolute atomic E-state index is 13.3. The molecule has 0 aromatic heterocycles. The maximum Gasteiger partial charge on any atom is 0.318 e. The molecule has 4 N–H and O–H groups in total. The standard InChI is InChI=1S/C10H11BrFN3O2/c11-7-1-2-8(12)6(3-7)4-14-5-9(16)15-10(13)17/h1-3,14H,4-5H2,(H3,13,15,16,17). The third kappa shape index (κ3) is 4.92. The lowest BCUT2D eigenvalue weighted by Gasteiger charge is -2.06. The molecule has 1 aromatic rings. The molecule has 3 amide bonds. The van der Waals surface area contributed by atoms with E-state index in [1.54, 1.807) is 12.1 Å². The van der Waals surface area contributed by atoms with E-state index in [1.807, 2.05) is 5.32 Å². The molecule has 0 fully saturated rings. The second kappa shape index (κ2) is 6.31. The number of nitrogens with one attached hydrogen (secondary N) is 2. The van der Waals surface area contributed by atoms with Crippen molar-refractivity contribution < 1.29 is 14.0 Å². The molecule has 0 atom stereocenters. The summed E-state index contributed by atoms with van der Waals surface area (Å²) in [4.78, 5) is 21.4. The van der Waals surface area contributed by atoms with Crippen molar-refractivity contribution in [3.63, 3.8) is 0 Å². The molecule has 0 heterocycles. The lowest BCUT2D eigenvalue weighted by atomic mass is 10.2. The van der Waals surface area contributed by atoms with Crippen molar-refractivity contribution in [2.75, 3.05) is 6.54 Å². The number of imide groups is 1. The van der Waals surface area contributed by atoms with Gasteiger partial charge in [0.1, 0.15) is 5.82 Å². The number of urea groups is 1. The summed E-state index contributed by atoms with van der Waals surface area (Å²) in [5.41, 5.74) is 5.18. The van der Waals surface area contributed by atoms with Crippen LogP contribution in [-0.2, 0) is 11.3 Å². The van der Waals surface area contributed by atoms with E-state index in [2.05, 4.69) is 21.2 Å². The summed E-state index contributed by atoms with van der Waals surface area (Å²) in [6.45, 7) is 0.0619. The van der Waals surface area contributed by atoms with Crippen LogP contribution in [0.25, 0.3) is 0 Å². The molecule has 1 aromatic carbocycles. The molecule has 7 heteroatoms. The fraction of sp³-hybridized carbons (Fsp3) is 0.200. The molecule has 0 radical (unpaired) electrons. The summed E-state index contributed by atoms with van der Waals surface area (Å²) < 4.78 is 14.0. The number of halogens is 2. The van der Waals surface area contributed by atoms with Crippen molar-refractivity contribution in [2.45, 2.75) is 6.54 Å². The minimum absolute atomic E-state index is 0.116. The highest BCUT2D eigenvalue weighted by atomic mass is 79.9. The highest BCUT2D eigenvalue weighted by molar-refractivity contribution is 9.10. The average Bonchev–Trinajstić information content (AvgIpc) is 2.22. The molecule has 0 aliphatic carbocycles. The van der Waals surface area contributed by atoms with Crippen LogP contribution in [0.5, 0.6) is 0 Å². The first-order valence-corrected chi connectivity index (χ1v) is 5.52. The van der Waals surface area contributed by atoms with Crippen molar-refractivity contribution in [3.05, 3.63) is 34.1 Å². The van der Waals surface area contributed by atoms with Crippen LogP contribution in [0.15, 0.2) is 22.7 Å². The van der Waals surface area contributed by atoms with Gasteiger partial charge >= 0.3 is 6.03 Å². The van der Waals surface area contributed by atoms with Crippen LogP contribution in [-0.4, -0.2) is 18.5 Å². The van der Waals surface area contributed by atoms with E-state index in [4.69, 9.17) is 5.73 Å². The molecule has 5 nitrogen and oxygen atoms in total. The largest absolute Gasteiger partial charge is 0.351 e.